The van der Waals surface area contributed by atoms with Gasteiger partial charge in [0.15, 0.2) is 0 Å². The number of hydrogen-bond donors (Lipinski definition) is 2. The Kier molecular flexibility index (Phi) is 6.75. The lowest BCUT2D eigenvalue weighted by Crippen LogP contribution is -2.29. The number of carbonyl (C=O) groups excluding carboxylic acids is 1. The molecule has 1 aliphatic heterocycles. The van der Waals surface area contributed by atoms with Crippen LogP contribution in [-0.2, 0) is 16.1 Å². The Morgan fingerprint density at radius 3 is 2.92 bits per heavy atom. The summed E-state index contributed by atoms with van der Waals surface area (Å²) in [6.45, 7) is 1.96. The number of carbonyl (C=O) groups is 1. The number of benzene rings is 2. The highest BCUT2D eigenvalue weighted by molar-refractivity contribution is 6.31. The van der Waals surface area contributed by atoms with E-state index in [1.165, 1.54) is 0 Å². The predicted molar refractivity (Wildman–Crippen MR) is 103 cm³/mol. The summed E-state index contributed by atoms with van der Waals surface area (Å²) in [5.41, 5.74) is 1.73. The first-order valence-electron chi connectivity index (χ1n) is 8.79. The Balaban J connectivity index is 1.42. The molecule has 1 fully saturated rings. The molecule has 138 valence electrons. The van der Waals surface area contributed by atoms with Crippen molar-refractivity contribution in [2.75, 3.05) is 25.1 Å². The van der Waals surface area contributed by atoms with Crippen LogP contribution in [0.1, 0.15) is 18.4 Å². The molecule has 1 atom stereocenters. The first-order valence-corrected chi connectivity index (χ1v) is 9.17. The van der Waals surface area contributed by atoms with E-state index in [1.54, 1.807) is 0 Å². The molecule has 1 unspecified atom stereocenters. The van der Waals surface area contributed by atoms with Gasteiger partial charge in [0, 0.05) is 29.9 Å². The maximum absolute atomic E-state index is 12.0. The number of ether oxygens (including phenoxy) is 2. The molecule has 1 amide bonds. The number of amides is 1. The molecule has 2 N–H and O–H groups in total. The molecule has 1 heterocycles. The van der Waals surface area contributed by atoms with Crippen LogP contribution in [0.25, 0.3) is 0 Å². The Bertz CT molecular complexity index is 733. The number of hydrogen-bond acceptors (Lipinski definition) is 4. The molecule has 0 bridgehead atoms. The second-order valence-corrected chi connectivity index (χ2v) is 6.60. The van der Waals surface area contributed by atoms with Gasteiger partial charge in [0.2, 0.25) is 5.91 Å². The third kappa shape index (κ3) is 5.64. The van der Waals surface area contributed by atoms with E-state index in [1.807, 2.05) is 48.5 Å². The highest BCUT2D eigenvalue weighted by atomic mass is 35.5. The summed E-state index contributed by atoms with van der Waals surface area (Å²) >= 11 is 6.09. The summed E-state index contributed by atoms with van der Waals surface area (Å²) in [6.07, 6.45) is 2.32. The zero-order valence-electron chi connectivity index (χ0n) is 14.5. The van der Waals surface area contributed by atoms with E-state index in [-0.39, 0.29) is 18.6 Å². The number of nitrogens with one attached hydrogen (secondary N) is 2. The van der Waals surface area contributed by atoms with Gasteiger partial charge in [0.05, 0.1) is 12.6 Å². The fourth-order valence-corrected chi connectivity index (χ4v) is 2.94. The summed E-state index contributed by atoms with van der Waals surface area (Å²) in [7, 11) is 0. The summed E-state index contributed by atoms with van der Waals surface area (Å²) in [5.74, 6) is 0.664. The maximum Gasteiger partial charge on any atom is 0.239 e. The third-order valence-electron chi connectivity index (χ3n) is 4.18. The first-order chi connectivity index (χ1) is 12.7. The lowest BCUT2D eigenvalue weighted by molar-refractivity contribution is -0.119. The van der Waals surface area contributed by atoms with E-state index < -0.39 is 0 Å². The Labute approximate surface area is 158 Å². The minimum Gasteiger partial charge on any atom is -0.491 e. The average Bonchev–Trinajstić information content (AvgIpc) is 3.18. The van der Waals surface area contributed by atoms with Gasteiger partial charge in [0.25, 0.3) is 0 Å². The average molecular weight is 375 g/mol. The molecular weight excluding hydrogens is 352 g/mol. The zero-order valence-corrected chi connectivity index (χ0v) is 15.3. The SMILES string of the molecule is O=C(CNc1cccc(OCC2CCCO2)c1)NCc1ccccc1Cl. The van der Waals surface area contributed by atoms with Gasteiger partial charge in [-0.15, -0.1) is 0 Å². The van der Waals surface area contributed by atoms with Crippen molar-refractivity contribution in [1.82, 2.24) is 5.32 Å². The molecule has 26 heavy (non-hydrogen) atoms. The summed E-state index contributed by atoms with van der Waals surface area (Å²) in [4.78, 5) is 12.0. The number of rotatable bonds is 8. The Hall–Kier alpha value is -2.24. The minimum atomic E-state index is -0.101. The smallest absolute Gasteiger partial charge is 0.239 e. The van der Waals surface area contributed by atoms with Crippen LogP contribution in [0, 0.1) is 0 Å². The van der Waals surface area contributed by atoms with Crippen molar-refractivity contribution in [2.45, 2.75) is 25.5 Å². The van der Waals surface area contributed by atoms with Gasteiger partial charge in [-0.05, 0) is 36.6 Å². The second kappa shape index (κ2) is 9.46. The molecule has 2 aromatic rings. The van der Waals surface area contributed by atoms with Crippen molar-refractivity contribution in [3.8, 4) is 5.75 Å². The fourth-order valence-electron chi connectivity index (χ4n) is 2.74. The van der Waals surface area contributed by atoms with E-state index in [4.69, 9.17) is 21.1 Å². The van der Waals surface area contributed by atoms with Crippen LogP contribution in [0.3, 0.4) is 0 Å². The van der Waals surface area contributed by atoms with Crippen LogP contribution in [0.4, 0.5) is 5.69 Å². The standard InChI is InChI=1S/C20H23ClN2O3/c21-19-9-2-1-5-15(19)12-23-20(24)13-22-16-6-3-7-17(11-16)26-14-18-8-4-10-25-18/h1-3,5-7,9,11,18,22H,4,8,10,12-14H2,(H,23,24). The van der Waals surface area contributed by atoms with Crippen LogP contribution in [0.15, 0.2) is 48.5 Å². The molecule has 0 radical (unpaired) electrons. The van der Waals surface area contributed by atoms with E-state index in [0.717, 1.165) is 36.4 Å². The van der Waals surface area contributed by atoms with E-state index in [0.29, 0.717) is 18.2 Å². The highest BCUT2D eigenvalue weighted by Crippen LogP contribution is 2.19. The molecule has 3 rings (SSSR count). The monoisotopic (exact) mass is 374 g/mol. The zero-order chi connectivity index (χ0) is 18.2. The third-order valence-corrected chi connectivity index (χ3v) is 4.55. The molecule has 0 aromatic heterocycles. The van der Waals surface area contributed by atoms with Crippen molar-refractivity contribution in [3.05, 3.63) is 59.1 Å². The number of anilines is 1. The van der Waals surface area contributed by atoms with Crippen LogP contribution >= 0.6 is 11.6 Å². The van der Waals surface area contributed by atoms with Crippen molar-refractivity contribution in [3.63, 3.8) is 0 Å². The van der Waals surface area contributed by atoms with Crippen LogP contribution in [0.2, 0.25) is 5.02 Å². The van der Waals surface area contributed by atoms with Crippen molar-refractivity contribution in [1.29, 1.82) is 0 Å². The van der Waals surface area contributed by atoms with Crippen LogP contribution in [-0.4, -0.2) is 31.8 Å². The van der Waals surface area contributed by atoms with Crippen molar-refractivity contribution in [2.24, 2.45) is 0 Å². The van der Waals surface area contributed by atoms with Crippen LogP contribution < -0.4 is 15.4 Å². The molecule has 1 saturated heterocycles. The van der Waals surface area contributed by atoms with Gasteiger partial charge in [-0.25, -0.2) is 0 Å². The maximum atomic E-state index is 12.0. The number of halogens is 1. The second-order valence-electron chi connectivity index (χ2n) is 6.20. The Morgan fingerprint density at radius 1 is 1.23 bits per heavy atom. The largest absolute Gasteiger partial charge is 0.491 e. The molecule has 0 saturated carbocycles. The van der Waals surface area contributed by atoms with E-state index in [2.05, 4.69) is 10.6 Å². The summed E-state index contributed by atoms with van der Waals surface area (Å²) in [5, 5.41) is 6.61. The fraction of sp³-hybridized carbons (Fsp3) is 0.350. The molecule has 5 nitrogen and oxygen atoms in total. The lowest BCUT2D eigenvalue weighted by Gasteiger charge is -2.13. The molecule has 0 spiro atoms. The van der Waals surface area contributed by atoms with Gasteiger partial charge in [-0.2, -0.15) is 0 Å². The Morgan fingerprint density at radius 2 is 2.12 bits per heavy atom. The van der Waals surface area contributed by atoms with Gasteiger partial charge < -0.3 is 20.1 Å². The normalized spacial score (nSPS) is 16.3. The topological polar surface area (TPSA) is 59.6 Å². The molecule has 2 aromatic carbocycles. The molecule has 0 aliphatic carbocycles. The quantitative estimate of drug-likeness (QED) is 0.740. The molecule has 1 aliphatic rings. The van der Waals surface area contributed by atoms with Crippen molar-refractivity contribution < 1.29 is 14.3 Å². The minimum absolute atomic E-state index is 0.101. The summed E-state index contributed by atoms with van der Waals surface area (Å²) < 4.78 is 11.3. The first kappa shape index (κ1) is 18.5. The van der Waals surface area contributed by atoms with Gasteiger partial charge in [0.1, 0.15) is 12.4 Å². The van der Waals surface area contributed by atoms with Crippen molar-refractivity contribution >= 4 is 23.2 Å². The van der Waals surface area contributed by atoms with E-state index >= 15 is 0 Å². The lowest BCUT2D eigenvalue weighted by atomic mass is 10.2. The van der Waals surface area contributed by atoms with E-state index in [9.17, 15) is 4.79 Å². The van der Waals surface area contributed by atoms with Crippen LogP contribution in [0.5, 0.6) is 5.75 Å². The molecular formula is C20H23ClN2O3. The van der Waals surface area contributed by atoms with Gasteiger partial charge >= 0.3 is 0 Å². The van der Waals surface area contributed by atoms with Gasteiger partial charge in [-0.1, -0.05) is 35.9 Å². The summed E-state index contributed by atoms with van der Waals surface area (Å²) in [6, 6.07) is 15.0. The molecule has 6 heteroatoms. The predicted octanol–water partition coefficient (Wildman–Crippen LogP) is 3.63. The highest BCUT2D eigenvalue weighted by Gasteiger charge is 2.16. The van der Waals surface area contributed by atoms with Gasteiger partial charge in [-0.3, -0.25) is 4.79 Å².